The minimum absolute atomic E-state index is 0.125. The Hall–Kier alpha value is -2.52. The summed E-state index contributed by atoms with van der Waals surface area (Å²) in [6.45, 7) is 7.09. The fourth-order valence-corrected chi connectivity index (χ4v) is 11.3. The van der Waals surface area contributed by atoms with Gasteiger partial charge in [-0.1, -0.05) is 63.8 Å². The Balaban J connectivity index is 0.992. The molecule has 4 saturated carbocycles. The first-order chi connectivity index (χ1) is 21.2. The normalized spacial score (nSPS) is 37.8. The third-order valence-electron chi connectivity index (χ3n) is 13.5. The summed E-state index contributed by atoms with van der Waals surface area (Å²) in [5, 5.41) is 11.5. The SMILES string of the molecule is C#CCN(C(=O)OCOC(=O)CC[C@@H](C)C1CCC2C3C(CC[C@@]21C)[C@@]1(C)CCCC[C@H]1C[C@@H]3O)[C@@H]1CCc2ccccc21. The first-order valence-electron chi connectivity index (χ1n) is 17.5. The van der Waals surface area contributed by atoms with Crippen molar-refractivity contribution < 1.29 is 24.2 Å². The molecule has 10 atom stereocenters. The molecule has 0 spiro atoms. The van der Waals surface area contributed by atoms with Crippen molar-refractivity contribution in [2.45, 2.75) is 116 Å². The fourth-order valence-electron chi connectivity index (χ4n) is 11.3. The van der Waals surface area contributed by atoms with Gasteiger partial charge in [0.25, 0.3) is 0 Å². The molecule has 0 aliphatic heterocycles. The number of hydrogen-bond donors (Lipinski definition) is 1. The average molecular weight is 604 g/mol. The summed E-state index contributed by atoms with van der Waals surface area (Å²) in [5.41, 5.74) is 2.95. The van der Waals surface area contributed by atoms with Crippen molar-refractivity contribution in [2.75, 3.05) is 13.3 Å². The highest BCUT2D eigenvalue weighted by atomic mass is 16.7. The van der Waals surface area contributed by atoms with E-state index in [-0.39, 0.29) is 30.1 Å². The molecule has 0 heterocycles. The van der Waals surface area contributed by atoms with Crippen LogP contribution in [0, 0.1) is 58.7 Å². The van der Waals surface area contributed by atoms with Crippen LogP contribution in [0.3, 0.4) is 0 Å². The number of ether oxygens (including phenoxy) is 2. The van der Waals surface area contributed by atoms with Gasteiger partial charge in [-0.3, -0.25) is 9.69 Å². The zero-order valence-corrected chi connectivity index (χ0v) is 27.1. The third kappa shape index (κ3) is 5.57. The second-order valence-electron chi connectivity index (χ2n) is 15.4. The van der Waals surface area contributed by atoms with Gasteiger partial charge in [0.05, 0.1) is 18.7 Å². The van der Waals surface area contributed by atoms with E-state index in [9.17, 15) is 14.7 Å². The van der Waals surface area contributed by atoms with Crippen LogP contribution in [0.4, 0.5) is 4.79 Å². The lowest BCUT2D eigenvalue weighted by molar-refractivity contribution is -0.165. The van der Waals surface area contributed by atoms with Crippen LogP contribution in [0.5, 0.6) is 0 Å². The molecule has 1 aromatic carbocycles. The number of hydrogen-bond acceptors (Lipinski definition) is 5. The van der Waals surface area contributed by atoms with Gasteiger partial charge in [0.1, 0.15) is 0 Å². The zero-order chi connectivity index (χ0) is 31.1. The first-order valence-corrected chi connectivity index (χ1v) is 17.5. The van der Waals surface area contributed by atoms with Crippen LogP contribution in [0.15, 0.2) is 24.3 Å². The fraction of sp³-hybridized carbons (Fsp3) is 0.737. The largest absolute Gasteiger partial charge is 0.428 e. The molecule has 0 radical (unpaired) electrons. The van der Waals surface area contributed by atoms with Gasteiger partial charge < -0.3 is 14.6 Å². The summed E-state index contributed by atoms with van der Waals surface area (Å²) >= 11 is 0. The zero-order valence-electron chi connectivity index (χ0n) is 27.1. The van der Waals surface area contributed by atoms with E-state index in [0.717, 1.165) is 31.2 Å². The number of amides is 1. The molecule has 6 nitrogen and oxygen atoms in total. The summed E-state index contributed by atoms with van der Waals surface area (Å²) in [6, 6.07) is 7.97. The number of carbonyl (C=O) groups excluding carboxylic acids is 2. The number of terminal acetylenes is 1. The van der Waals surface area contributed by atoms with Crippen molar-refractivity contribution in [3.63, 3.8) is 0 Å². The average Bonchev–Trinajstić information content (AvgIpc) is 3.60. The van der Waals surface area contributed by atoms with Crippen molar-refractivity contribution in [3.05, 3.63) is 35.4 Å². The number of aryl methyl sites for hydroxylation is 1. The molecule has 240 valence electrons. The molecule has 1 N–H and O–H groups in total. The highest BCUT2D eigenvalue weighted by Gasteiger charge is 2.62. The lowest BCUT2D eigenvalue weighted by Crippen LogP contribution is -2.57. The lowest BCUT2D eigenvalue weighted by Gasteiger charge is -2.62. The Morgan fingerprint density at radius 1 is 1.05 bits per heavy atom. The van der Waals surface area contributed by atoms with Crippen LogP contribution in [0.2, 0.25) is 0 Å². The molecular weight excluding hydrogens is 550 g/mol. The summed E-state index contributed by atoms with van der Waals surface area (Å²) in [5.74, 6) is 5.54. The number of carbonyl (C=O) groups is 2. The number of benzene rings is 1. The maximum absolute atomic E-state index is 12.9. The number of rotatable bonds is 8. The van der Waals surface area contributed by atoms with Gasteiger partial charge in [-0.2, -0.15) is 0 Å². The van der Waals surface area contributed by atoms with Crippen molar-refractivity contribution >= 4 is 12.1 Å². The second-order valence-corrected chi connectivity index (χ2v) is 15.4. The number of aliphatic hydroxyl groups excluding tert-OH is 1. The maximum atomic E-state index is 12.9. The van der Waals surface area contributed by atoms with Gasteiger partial charge in [0.15, 0.2) is 0 Å². The van der Waals surface area contributed by atoms with Gasteiger partial charge >= 0.3 is 12.1 Å². The van der Waals surface area contributed by atoms with Gasteiger partial charge in [-0.05, 0) is 122 Å². The van der Waals surface area contributed by atoms with E-state index in [4.69, 9.17) is 15.9 Å². The third-order valence-corrected chi connectivity index (χ3v) is 13.5. The molecular formula is C38H53NO5. The molecule has 6 heteroatoms. The van der Waals surface area contributed by atoms with Crippen molar-refractivity contribution in [3.8, 4) is 12.3 Å². The van der Waals surface area contributed by atoms with E-state index < -0.39 is 12.9 Å². The van der Waals surface area contributed by atoms with Gasteiger partial charge in [-0.25, -0.2) is 4.79 Å². The van der Waals surface area contributed by atoms with E-state index in [0.29, 0.717) is 47.3 Å². The van der Waals surface area contributed by atoms with Crippen LogP contribution in [-0.4, -0.2) is 41.5 Å². The van der Waals surface area contributed by atoms with E-state index >= 15 is 0 Å². The van der Waals surface area contributed by atoms with Crippen molar-refractivity contribution in [2.24, 2.45) is 46.3 Å². The number of esters is 1. The molecule has 4 fully saturated rings. The predicted molar refractivity (Wildman–Crippen MR) is 170 cm³/mol. The van der Waals surface area contributed by atoms with Crippen LogP contribution in [-0.2, 0) is 20.7 Å². The van der Waals surface area contributed by atoms with Gasteiger partial charge in [0, 0.05) is 6.42 Å². The number of nitrogens with zero attached hydrogens (tertiary/aromatic N) is 1. The Morgan fingerprint density at radius 2 is 1.84 bits per heavy atom. The van der Waals surface area contributed by atoms with Crippen LogP contribution < -0.4 is 0 Å². The standard InChI is InChI=1S/C38H53NO5/c1-5-22-39(32-17-14-26-10-6-7-12-28(26)32)36(42)44-24-43-34(41)18-13-25(2)29-15-16-30-35-31(19-21-38(29,30)4)37(3)20-9-8-11-27(37)23-33(35)40/h1,6-7,10,12,25,27,29-33,35,40H,8-9,11,13-24H2,2-4H3/t25-,27+,29?,30?,31?,32-,33+,35?,37+,38-/m1/s1. The summed E-state index contributed by atoms with van der Waals surface area (Å²) in [6.07, 6.45) is 18.8. The Labute approximate surface area is 264 Å². The van der Waals surface area contributed by atoms with Crippen molar-refractivity contribution in [1.82, 2.24) is 4.90 Å². The molecule has 4 unspecified atom stereocenters. The van der Waals surface area contributed by atoms with Gasteiger partial charge in [0.2, 0.25) is 6.79 Å². The minimum Gasteiger partial charge on any atom is -0.428 e. The molecule has 0 saturated heterocycles. The molecule has 1 aromatic rings. The highest BCUT2D eigenvalue weighted by molar-refractivity contribution is 5.71. The Kier molecular flexibility index (Phi) is 9.08. The first kappa shape index (κ1) is 31.5. The van der Waals surface area contributed by atoms with Crippen molar-refractivity contribution in [1.29, 1.82) is 0 Å². The smallest absolute Gasteiger partial charge is 0.413 e. The maximum Gasteiger partial charge on any atom is 0.413 e. The topological polar surface area (TPSA) is 76.1 Å². The second kappa shape index (κ2) is 12.7. The van der Waals surface area contributed by atoms with Crippen LogP contribution >= 0.6 is 0 Å². The van der Waals surface area contributed by atoms with E-state index in [1.807, 2.05) is 18.2 Å². The molecule has 5 aliphatic rings. The molecule has 5 aliphatic carbocycles. The van der Waals surface area contributed by atoms with Gasteiger partial charge in [-0.15, -0.1) is 6.42 Å². The molecule has 44 heavy (non-hydrogen) atoms. The summed E-state index contributed by atoms with van der Waals surface area (Å²) in [7, 11) is 0. The number of fused-ring (bicyclic) bond motifs is 6. The van der Waals surface area contributed by atoms with Crippen LogP contribution in [0.1, 0.15) is 115 Å². The lowest BCUT2D eigenvalue weighted by atomic mass is 9.44. The quantitative estimate of drug-likeness (QED) is 0.187. The molecule has 6 rings (SSSR count). The molecule has 0 bridgehead atoms. The number of aliphatic hydroxyl groups is 1. The summed E-state index contributed by atoms with van der Waals surface area (Å²) < 4.78 is 10.7. The van der Waals surface area contributed by atoms with E-state index in [1.165, 1.54) is 56.9 Å². The molecule has 1 amide bonds. The minimum atomic E-state index is -0.551. The monoisotopic (exact) mass is 603 g/mol. The predicted octanol–water partition coefficient (Wildman–Crippen LogP) is 7.68. The highest BCUT2D eigenvalue weighted by Crippen LogP contribution is 2.68. The Bertz CT molecular complexity index is 1260. The van der Waals surface area contributed by atoms with Crippen LogP contribution in [0.25, 0.3) is 0 Å². The Morgan fingerprint density at radius 3 is 2.66 bits per heavy atom. The van der Waals surface area contributed by atoms with E-state index in [2.05, 4.69) is 32.8 Å². The summed E-state index contributed by atoms with van der Waals surface area (Å²) in [4.78, 5) is 27.2. The molecule has 0 aromatic heterocycles. The van der Waals surface area contributed by atoms with E-state index in [1.54, 1.807) is 4.90 Å².